The summed E-state index contributed by atoms with van der Waals surface area (Å²) in [5, 5.41) is 11.4. The highest BCUT2D eigenvalue weighted by atomic mass is 31.2. The van der Waals surface area contributed by atoms with Gasteiger partial charge >= 0.3 is 13.6 Å². The van der Waals surface area contributed by atoms with Crippen LogP contribution in [0.1, 0.15) is 15.9 Å². The van der Waals surface area contributed by atoms with E-state index in [1.807, 2.05) is 6.07 Å². The maximum atomic E-state index is 12.4. The van der Waals surface area contributed by atoms with Crippen LogP contribution in [0.2, 0.25) is 0 Å². The molecule has 0 aliphatic heterocycles. The first-order chi connectivity index (χ1) is 11.7. The molecule has 0 fully saturated rings. The summed E-state index contributed by atoms with van der Waals surface area (Å²) in [4.78, 5) is 41.8. The average molecular weight is 363 g/mol. The van der Waals surface area contributed by atoms with Gasteiger partial charge in [0.05, 0.1) is 17.6 Å². The largest absolute Gasteiger partial charge is 0.478 e. The Kier molecular flexibility index (Phi) is 6.09. The molecule has 0 saturated heterocycles. The normalized spacial score (nSPS) is 12.4. The second-order valence-corrected chi connectivity index (χ2v) is 7.30. The van der Waals surface area contributed by atoms with Crippen molar-refractivity contribution in [1.29, 1.82) is 0 Å². The lowest BCUT2D eigenvalue weighted by Gasteiger charge is -2.17. The highest BCUT2D eigenvalue weighted by molar-refractivity contribution is 7.51. The molecule has 7 nitrogen and oxygen atoms in total. The Morgan fingerprint density at radius 3 is 2.12 bits per heavy atom. The number of carbonyl (C=O) groups excluding carboxylic acids is 1. The Morgan fingerprint density at radius 2 is 1.60 bits per heavy atom. The molecule has 0 aliphatic rings. The van der Waals surface area contributed by atoms with Gasteiger partial charge in [0, 0.05) is 5.69 Å². The molecule has 0 aliphatic carbocycles. The summed E-state index contributed by atoms with van der Waals surface area (Å²) in [7, 11) is -4.38. The van der Waals surface area contributed by atoms with Crippen LogP contribution in [-0.4, -0.2) is 32.9 Å². The minimum Gasteiger partial charge on any atom is -0.478 e. The van der Waals surface area contributed by atoms with Crippen LogP contribution in [0.4, 0.5) is 5.69 Å². The fraction of sp³-hybridized carbons (Fsp3) is 0.176. The molecule has 1 unspecified atom stereocenters. The molecule has 2 aromatic rings. The number of carbonyl (C=O) groups is 2. The minimum absolute atomic E-state index is 0.0778. The van der Waals surface area contributed by atoms with E-state index >= 15 is 0 Å². The van der Waals surface area contributed by atoms with E-state index in [0.717, 1.165) is 5.56 Å². The Bertz CT molecular complexity index is 785. The lowest BCUT2D eigenvalue weighted by molar-refractivity contribution is -0.119. The molecule has 1 atom stereocenters. The van der Waals surface area contributed by atoms with Gasteiger partial charge in [-0.05, 0) is 36.2 Å². The number of aromatic carboxylic acids is 1. The molecular formula is C17H18NO6P. The zero-order chi connectivity index (χ0) is 18.4. The first-order valence-corrected chi connectivity index (χ1v) is 9.27. The van der Waals surface area contributed by atoms with Crippen molar-refractivity contribution in [2.24, 2.45) is 5.92 Å². The fourth-order valence-corrected chi connectivity index (χ4v) is 3.24. The Hall–Kier alpha value is -2.47. The average Bonchev–Trinajstić information content (AvgIpc) is 2.54. The van der Waals surface area contributed by atoms with Gasteiger partial charge in [0.15, 0.2) is 0 Å². The monoisotopic (exact) mass is 363 g/mol. The second-order valence-electron chi connectivity index (χ2n) is 5.61. The molecule has 0 spiro atoms. The summed E-state index contributed by atoms with van der Waals surface area (Å²) in [6.07, 6.45) is -0.383. The van der Waals surface area contributed by atoms with E-state index in [2.05, 4.69) is 5.32 Å². The van der Waals surface area contributed by atoms with Gasteiger partial charge in [-0.25, -0.2) is 4.79 Å². The predicted molar refractivity (Wildman–Crippen MR) is 92.6 cm³/mol. The van der Waals surface area contributed by atoms with E-state index in [0.29, 0.717) is 5.69 Å². The number of carboxylic acid groups (broad SMARTS) is 1. The maximum absolute atomic E-state index is 12.4. The van der Waals surface area contributed by atoms with Gasteiger partial charge in [-0.1, -0.05) is 30.3 Å². The summed E-state index contributed by atoms with van der Waals surface area (Å²) in [6.45, 7) is 0. The fourth-order valence-electron chi connectivity index (χ4n) is 2.37. The number of benzene rings is 2. The Balaban J connectivity index is 2.13. The SMILES string of the molecule is O=C(O)c1ccc(NC(=O)C(Cc2ccccc2)CP(=O)(O)O)cc1. The van der Waals surface area contributed by atoms with Crippen molar-refractivity contribution < 1.29 is 29.0 Å². The Labute approximate surface area is 144 Å². The summed E-state index contributed by atoms with van der Waals surface area (Å²) >= 11 is 0. The molecular weight excluding hydrogens is 345 g/mol. The van der Waals surface area contributed by atoms with Gasteiger partial charge in [0.1, 0.15) is 0 Å². The number of hydrogen-bond donors (Lipinski definition) is 4. The van der Waals surface area contributed by atoms with Crippen molar-refractivity contribution in [3.63, 3.8) is 0 Å². The highest BCUT2D eigenvalue weighted by Gasteiger charge is 2.27. The molecule has 0 bridgehead atoms. The molecule has 2 aromatic carbocycles. The molecule has 2 rings (SSSR count). The molecule has 132 valence electrons. The molecule has 8 heteroatoms. The molecule has 25 heavy (non-hydrogen) atoms. The first kappa shape index (κ1) is 18.9. The van der Waals surface area contributed by atoms with E-state index in [-0.39, 0.29) is 12.0 Å². The summed E-state index contributed by atoms with van der Waals surface area (Å²) in [5.74, 6) is -2.53. The van der Waals surface area contributed by atoms with Crippen LogP contribution in [0.25, 0.3) is 0 Å². The van der Waals surface area contributed by atoms with Gasteiger partial charge < -0.3 is 20.2 Å². The molecule has 1 amide bonds. The molecule has 4 N–H and O–H groups in total. The second kappa shape index (κ2) is 8.07. The van der Waals surface area contributed by atoms with Crippen LogP contribution in [0.3, 0.4) is 0 Å². The van der Waals surface area contributed by atoms with E-state index in [4.69, 9.17) is 5.11 Å². The lowest BCUT2D eigenvalue weighted by atomic mass is 10.00. The van der Waals surface area contributed by atoms with Crippen LogP contribution >= 0.6 is 7.60 Å². The van der Waals surface area contributed by atoms with E-state index < -0.39 is 31.6 Å². The zero-order valence-electron chi connectivity index (χ0n) is 13.2. The van der Waals surface area contributed by atoms with Crippen molar-refractivity contribution >= 4 is 25.2 Å². The van der Waals surface area contributed by atoms with Crippen LogP contribution in [-0.2, 0) is 15.8 Å². The van der Waals surface area contributed by atoms with Crippen LogP contribution in [0, 0.1) is 5.92 Å². The maximum Gasteiger partial charge on any atom is 0.335 e. The van der Waals surface area contributed by atoms with Crippen LogP contribution in [0.5, 0.6) is 0 Å². The topological polar surface area (TPSA) is 124 Å². The lowest BCUT2D eigenvalue weighted by Crippen LogP contribution is -2.27. The molecule has 0 heterocycles. The smallest absolute Gasteiger partial charge is 0.335 e. The third kappa shape index (κ3) is 6.15. The number of amides is 1. The van der Waals surface area contributed by atoms with E-state index in [1.165, 1.54) is 24.3 Å². The van der Waals surface area contributed by atoms with Crippen molar-refractivity contribution in [2.45, 2.75) is 6.42 Å². The third-order valence-electron chi connectivity index (χ3n) is 3.55. The number of anilines is 1. The minimum atomic E-state index is -4.38. The quantitative estimate of drug-likeness (QED) is 0.560. The summed E-state index contributed by atoms with van der Waals surface area (Å²) in [5.41, 5.74) is 1.23. The molecule has 0 saturated carbocycles. The van der Waals surface area contributed by atoms with Gasteiger partial charge in [0.25, 0.3) is 0 Å². The standard InChI is InChI=1S/C17H18NO6P/c19-16(18-15-8-6-13(7-9-15)17(20)21)14(11-25(22,23)24)10-12-4-2-1-3-5-12/h1-9,14H,10-11H2,(H,18,19)(H,20,21)(H2,22,23,24). The zero-order valence-corrected chi connectivity index (χ0v) is 14.1. The van der Waals surface area contributed by atoms with E-state index in [1.54, 1.807) is 24.3 Å². The number of hydrogen-bond acceptors (Lipinski definition) is 3. The Morgan fingerprint density at radius 1 is 1.00 bits per heavy atom. The number of carboxylic acids is 1. The van der Waals surface area contributed by atoms with Crippen molar-refractivity contribution in [3.8, 4) is 0 Å². The van der Waals surface area contributed by atoms with Crippen molar-refractivity contribution in [1.82, 2.24) is 0 Å². The van der Waals surface area contributed by atoms with Crippen LogP contribution < -0.4 is 5.32 Å². The summed E-state index contributed by atoms with van der Waals surface area (Å²) in [6, 6.07) is 14.5. The van der Waals surface area contributed by atoms with Crippen LogP contribution in [0.15, 0.2) is 54.6 Å². The molecule has 0 aromatic heterocycles. The first-order valence-electron chi connectivity index (χ1n) is 7.47. The molecule has 0 radical (unpaired) electrons. The van der Waals surface area contributed by atoms with Gasteiger partial charge in [-0.3, -0.25) is 9.36 Å². The van der Waals surface area contributed by atoms with Crippen molar-refractivity contribution in [2.75, 3.05) is 11.5 Å². The predicted octanol–water partition coefficient (Wildman–Crippen LogP) is 2.36. The highest BCUT2D eigenvalue weighted by Crippen LogP contribution is 2.38. The van der Waals surface area contributed by atoms with Crippen molar-refractivity contribution in [3.05, 3.63) is 65.7 Å². The summed E-state index contributed by atoms with van der Waals surface area (Å²) < 4.78 is 11.4. The van der Waals surface area contributed by atoms with Gasteiger partial charge in [0.2, 0.25) is 5.91 Å². The van der Waals surface area contributed by atoms with Gasteiger partial charge in [-0.2, -0.15) is 0 Å². The number of rotatable bonds is 7. The van der Waals surface area contributed by atoms with E-state index in [9.17, 15) is 23.9 Å². The van der Waals surface area contributed by atoms with Gasteiger partial charge in [-0.15, -0.1) is 0 Å². The number of nitrogens with one attached hydrogen (secondary N) is 1. The third-order valence-corrected chi connectivity index (χ3v) is 4.47.